The predicted molar refractivity (Wildman–Crippen MR) is 128 cm³/mol. The number of amides is 3. The van der Waals surface area contributed by atoms with Crippen LogP contribution in [0.15, 0.2) is 53.7 Å². The van der Waals surface area contributed by atoms with Crippen LogP contribution in [-0.4, -0.2) is 36.0 Å². The third-order valence-corrected chi connectivity index (χ3v) is 5.89. The van der Waals surface area contributed by atoms with Gasteiger partial charge in [0.05, 0.1) is 29.3 Å². The molecule has 0 bridgehead atoms. The van der Waals surface area contributed by atoms with E-state index in [2.05, 4.69) is 10.6 Å². The second-order valence-electron chi connectivity index (χ2n) is 8.62. The molecule has 1 unspecified atom stereocenters. The van der Waals surface area contributed by atoms with Gasteiger partial charge in [-0.05, 0) is 56.2 Å². The summed E-state index contributed by atoms with van der Waals surface area (Å²) in [5, 5.41) is 5.01. The van der Waals surface area contributed by atoms with Gasteiger partial charge in [0.15, 0.2) is 0 Å². The molecule has 39 heavy (non-hydrogen) atoms. The first-order valence-electron chi connectivity index (χ1n) is 11.8. The zero-order valence-corrected chi connectivity index (χ0v) is 21.1. The molecule has 0 fully saturated rings. The highest BCUT2D eigenvalue weighted by Gasteiger charge is 2.38. The fraction of sp³-hybridized carbons (Fsp3) is 0.346. The molecule has 0 aromatic heterocycles. The van der Waals surface area contributed by atoms with E-state index in [9.17, 15) is 40.7 Å². The Kier molecular flexibility index (Phi) is 8.61. The van der Waals surface area contributed by atoms with Crippen LogP contribution in [0.3, 0.4) is 0 Å². The fourth-order valence-electron chi connectivity index (χ4n) is 4.05. The molecule has 2 N–H and O–H groups in total. The van der Waals surface area contributed by atoms with Crippen LogP contribution in [-0.2, 0) is 21.9 Å². The number of hydrogen-bond donors (Lipinski definition) is 2. The highest BCUT2D eigenvalue weighted by Crippen LogP contribution is 2.37. The Morgan fingerprint density at radius 1 is 0.974 bits per heavy atom. The normalized spacial score (nSPS) is 16.2. The minimum Gasteiger partial charge on any atom is -0.463 e. The van der Waals surface area contributed by atoms with Crippen LogP contribution in [0.25, 0.3) is 0 Å². The lowest BCUT2D eigenvalue weighted by Gasteiger charge is -2.35. The van der Waals surface area contributed by atoms with E-state index in [-0.39, 0.29) is 23.9 Å². The number of anilines is 1. The number of nitrogens with one attached hydrogen (secondary N) is 2. The molecular formula is C26H25F6N3O4. The van der Waals surface area contributed by atoms with Gasteiger partial charge < -0.3 is 15.4 Å². The summed E-state index contributed by atoms with van der Waals surface area (Å²) in [6.45, 7) is 5.58. The number of esters is 1. The molecule has 1 aliphatic rings. The van der Waals surface area contributed by atoms with Crippen molar-refractivity contribution in [2.45, 2.75) is 45.6 Å². The average molecular weight is 557 g/mol. The van der Waals surface area contributed by atoms with Gasteiger partial charge >= 0.3 is 24.4 Å². The summed E-state index contributed by atoms with van der Waals surface area (Å²) >= 11 is 0. The molecule has 2 aromatic carbocycles. The van der Waals surface area contributed by atoms with Crippen LogP contribution in [0.1, 0.15) is 60.3 Å². The van der Waals surface area contributed by atoms with E-state index in [1.165, 1.54) is 29.2 Å². The van der Waals surface area contributed by atoms with Crippen molar-refractivity contribution in [2.75, 3.05) is 18.5 Å². The highest BCUT2D eigenvalue weighted by atomic mass is 19.4. The van der Waals surface area contributed by atoms with Gasteiger partial charge in [0.25, 0.3) is 5.91 Å². The molecule has 1 heterocycles. The first-order chi connectivity index (χ1) is 18.2. The lowest BCUT2D eigenvalue weighted by molar-refractivity contribution is -0.143. The van der Waals surface area contributed by atoms with Crippen molar-refractivity contribution in [3.8, 4) is 0 Å². The average Bonchev–Trinajstić information content (AvgIpc) is 2.85. The van der Waals surface area contributed by atoms with Crippen LogP contribution in [0.5, 0.6) is 0 Å². The molecule has 1 aliphatic heterocycles. The van der Waals surface area contributed by atoms with Gasteiger partial charge in [-0.1, -0.05) is 19.1 Å². The molecule has 13 heteroatoms. The largest absolute Gasteiger partial charge is 0.463 e. The minimum absolute atomic E-state index is 0.0582. The van der Waals surface area contributed by atoms with Crippen molar-refractivity contribution in [3.63, 3.8) is 0 Å². The molecule has 7 nitrogen and oxygen atoms in total. The molecule has 0 spiro atoms. The number of hydrogen-bond acceptors (Lipinski definition) is 4. The zero-order chi connectivity index (χ0) is 29.1. The van der Waals surface area contributed by atoms with Gasteiger partial charge in [0.2, 0.25) is 0 Å². The quantitative estimate of drug-likeness (QED) is 0.310. The van der Waals surface area contributed by atoms with Gasteiger partial charge in [-0.3, -0.25) is 9.69 Å². The monoisotopic (exact) mass is 557 g/mol. The number of alkyl halides is 6. The molecule has 3 rings (SSSR count). The van der Waals surface area contributed by atoms with Gasteiger partial charge in [-0.2, -0.15) is 26.3 Å². The first kappa shape index (κ1) is 29.5. The summed E-state index contributed by atoms with van der Waals surface area (Å²) in [5.41, 5.74) is -2.97. The molecule has 0 radical (unpaired) electrons. The van der Waals surface area contributed by atoms with Crippen molar-refractivity contribution >= 4 is 23.6 Å². The van der Waals surface area contributed by atoms with E-state index in [0.29, 0.717) is 36.4 Å². The fourth-order valence-corrected chi connectivity index (χ4v) is 4.05. The lowest BCUT2D eigenvalue weighted by atomic mass is 9.94. The van der Waals surface area contributed by atoms with Crippen molar-refractivity contribution < 1.29 is 45.5 Å². The van der Waals surface area contributed by atoms with Crippen molar-refractivity contribution in [1.82, 2.24) is 10.2 Å². The summed E-state index contributed by atoms with van der Waals surface area (Å²) in [5.74, 6) is -1.83. The zero-order valence-electron chi connectivity index (χ0n) is 21.1. The molecule has 3 amide bonds. The first-order valence-corrected chi connectivity index (χ1v) is 11.8. The standard InChI is InChI=1S/C26H25F6N3O4/c1-4-10-35-14(3)20(23(37)39-5-2)21(34-24(35)38)15-6-8-19(9-7-15)33-22(36)16-11-17(25(27,28)29)13-18(12-16)26(30,31)32/h6-9,11-13,21H,4-5,10H2,1-3H3,(H,33,36)(H,34,38). The summed E-state index contributed by atoms with van der Waals surface area (Å²) in [4.78, 5) is 39.4. The summed E-state index contributed by atoms with van der Waals surface area (Å²) in [6, 6.07) is 4.85. The number of rotatable bonds is 7. The van der Waals surface area contributed by atoms with E-state index in [0.717, 1.165) is 0 Å². The maximum Gasteiger partial charge on any atom is 0.416 e. The summed E-state index contributed by atoms with van der Waals surface area (Å²) in [7, 11) is 0. The van der Waals surface area contributed by atoms with E-state index in [4.69, 9.17) is 4.74 Å². The van der Waals surface area contributed by atoms with E-state index < -0.39 is 53.0 Å². The van der Waals surface area contributed by atoms with E-state index >= 15 is 0 Å². The molecule has 0 saturated heterocycles. The van der Waals surface area contributed by atoms with Gasteiger partial charge in [0.1, 0.15) is 0 Å². The number of halogens is 6. The summed E-state index contributed by atoms with van der Waals surface area (Å²) in [6.07, 6.45) is -9.56. The Morgan fingerprint density at radius 2 is 1.54 bits per heavy atom. The Labute approximate surface area is 219 Å². The number of ether oxygens (including phenoxy) is 1. The van der Waals surface area contributed by atoms with Gasteiger partial charge in [-0.15, -0.1) is 0 Å². The third-order valence-electron chi connectivity index (χ3n) is 5.89. The maximum atomic E-state index is 13.1. The molecule has 1 atom stereocenters. The van der Waals surface area contributed by atoms with Crippen molar-refractivity contribution in [2.24, 2.45) is 0 Å². The predicted octanol–water partition coefficient (Wildman–Crippen LogP) is 6.29. The lowest BCUT2D eigenvalue weighted by Crippen LogP contribution is -2.48. The number of nitrogens with zero attached hydrogens (tertiary/aromatic N) is 1. The van der Waals surface area contributed by atoms with Crippen molar-refractivity contribution in [1.29, 1.82) is 0 Å². The van der Waals surface area contributed by atoms with E-state index in [1.54, 1.807) is 13.8 Å². The Morgan fingerprint density at radius 3 is 2.03 bits per heavy atom. The van der Waals surface area contributed by atoms with Crippen LogP contribution in [0.4, 0.5) is 36.8 Å². The number of urea groups is 1. The summed E-state index contributed by atoms with van der Waals surface area (Å²) < 4.78 is 84.0. The number of allylic oxidation sites excluding steroid dienone is 1. The van der Waals surface area contributed by atoms with E-state index in [1.807, 2.05) is 6.92 Å². The van der Waals surface area contributed by atoms with Crippen LogP contribution in [0, 0.1) is 0 Å². The Bertz CT molecular complexity index is 1250. The smallest absolute Gasteiger partial charge is 0.416 e. The third kappa shape index (κ3) is 6.70. The topological polar surface area (TPSA) is 87.7 Å². The maximum absolute atomic E-state index is 13.1. The second kappa shape index (κ2) is 11.4. The number of carbonyl (C=O) groups is 3. The Hall–Kier alpha value is -4.03. The number of benzene rings is 2. The van der Waals surface area contributed by atoms with Gasteiger partial charge in [0, 0.05) is 23.5 Å². The Balaban J connectivity index is 1.91. The molecule has 0 aliphatic carbocycles. The molecule has 0 saturated carbocycles. The second-order valence-corrected chi connectivity index (χ2v) is 8.62. The minimum atomic E-state index is -5.10. The van der Waals surface area contributed by atoms with Crippen LogP contribution < -0.4 is 10.6 Å². The van der Waals surface area contributed by atoms with Crippen LogP contribution >= 0.6 is 0 Å². The van der Waals surface area contributed by atoms with Crippen LogP contribution in [0.2, 0.25) is 0 Å². The molecule has 210 valence electrons. The molecule has 2 aromatic rings. The van der Waals surface area contributed by atoms with Crippen molar-refractivity contribution in [3.05, 3.63) is 76.0 Å². The number of carbonyl (C=O) groups excluding carboxylic acids is 3. The highest BCUT2D eigenvalue weighted by molar-refractivity contribution is 6.04. The molecular weight excluding hydrogens is 532 g/mol. The van der Waals surface area contributed by atoms with Gasteiger partial charge in [-0.25, -0.2) is 9.59 Å². The SMILES string of the molecule is CCCN1C(=O)NC(c2ccc(NC(=O)c3cc(C(F)(F)F)cc(C(F)(F)F)c3)cc2)C(C(=O)OCC)=C1C.